The number of nitrogens with zero attached hydrogens (tertiary/aromatic N) is 7. The summed E-state index contributed by atoms with van der Waals surface area (Å²) >= 11 is 3.69. The molecule has 6 heterocycles. The highest BCUT2D eigenvalue weighted by Crippen LogP contribution is 2.43. The normalized spacial score (nSPS) is 11.8. The van der Waals surface area contributed by atoms with Gasteiger partial charge in [0.25, 0.3) is 0 Å². The minimum atomic E-state index is 0.614. The fourth-order valence-electron chi connectivity index (χ4n) is 11.6. The minimum Gasteiger partial charge on any atom is -0.278 e. The number of hydrogen-bond acceptors (Lipinski definition) is 7. The Morgan fingerprint density at radius 2 is 0.662 bits per heavy atom. The van der Waals surface area contributed by atoms with Crippen LogP contribution in [0.5, 0.6) is 0 Å². The molecule has 374 valence electrons. The van der Waals surface area contributed by atoms with Crippen molar-refractivity contribution in [3.63, 3.8) is 0 Å². The van der Waals surface area contributed by atoms with Gasteiger partial charge in [0.1, 0.15) is 0 Å². The molecule has 6 aromatic heterocycles. The van der Waals surface area contributed by atoms with Crippen molar-refractivity contribution in [2.75, 3.05) is 0 Å². The van der Waals surface area contributed by atoms with Crippen molar-refractivity contribution >= 4 is 118 Å². The molecule has 0 aliphatic carbocycles. The average Bonchev–Trinajstić information content (AvgIpc) is 4.38. The molecule has 0 radical (unpaired) electrons. The van der Waals surface area contributed by atoms with Crippen LogP contribution in [0.2, 0.25) is 0 Å². The lowest BCUT2D eigenvalue weighted by Gasteiger charge is -2.12. The van der Waals surface area contributed by atoms with Crippen LogP contribution in [0.1, 0.15) is 0 Å². The minimum absolute atomic E-state index is 0.614. The molecule has 80 heavy (non-hydrogen) atoms. The van der Waals surface area contributed by atoms with Crippen LogP contribution in [-0.2, 0) is 0 Å². The van der Waals surface area contributed by atoms with Gasteiger partial charge in [0.05, 0.1) is 33.3 Å². The quantitative estimate of drug-likeness (QED) is 0.166. The summed E-state index contributed by atoms with van der Waals surface area (Å²) < 4.78 is 9.61. The molecule has 0 amide bonds. The van der Waals surface area contributed by atoms with Gasteiger partial charge in [0, 0.05) is 84.0 Å². The van der Waals surface area contributed by atoms with Crippen LogP contribution < -0.4 is 0 Å². The van der Waals surface area contributed by atoms with Crippen molar-refractivity contribution in [1.82, 2.24) is 34.1 Å². The van der Waals surface area contributed by atoms with Gasteiger partial charge in [-0.05, 0) is 71.8 Å². The zero-order valence-corrected chi connectivity index (χ0v) is 44.4. The van der Waals surface area contributed by atoms with Gasteiger partial charge in [-0.3, -0.25) is 9.13 Å². The van der Waals surface area contributed by atoms with E-state index in [1.807, 2.05) is 83.3 Å². The van der Waals surface area contributed by atoms with Crippen molar-refractivity contribution < 1.29 is 0 Å². The number of aromatic nitrogens is 7. The van der Waals surface area contributed by atoms with E-state index in [4.69, 9.17) is 24.9 Å². The van der Waals surface area contributed by atoms with E-state index in [9.17, 15) is 0 Å². The van der Waals surface area contributed by atoms with E-state index >= 15 is 0 Å². The van der Waals surface area contributed by atoms with Crippen molar-refractivity contribution in [2.45, 2.75) is 0 Å². The van der Waals surface area contributed by atoms with E-state index in [0.29, 0.717) is 23.5 Å². The van der Waals surface area contributed by atoms with E-state index in [0.717, 1.165) is 55.4 Å². The summed E-state index contributed by atoms with van der Waals surface area (Å²) in [5, 5.41) is 10.9. The molecule has 9 heteroatoms. The van der Waals surface area contributed by atoms with Crippen LogP contribution in [0, 0.1) is 0 Å². The Balaban J connectivity index is 0.000000133. The van der Waals surface area contributed by atoms with Crippen molar-refractivity contribution in [3.05, 3.63) is 261 Å². The molecule has 0 saturated carbocycles. The number of para-hydroxylation sites is 3. The summed E-state index contributed by atoms with van der Waals surface area (Å²) in [6, 6.07) is 91.4. The van der Waals surface area contributed by atoms with Crippen LogP contribution in [-0.4, -0.2) is 34.1 Å². The highest BCUT2D eigenvalue weighted by atomic mass is 32.1. The third-order valence-corrected chi connectivity index (χ3v) is 17.5. The molecule has 0 spiro atoms. The highest BCUT2D eigenvalue weighted by Gasteiger charge is 2.22. The van der Waals surface area contributed by atoms with E-state index in [2.05, 4.69) is 209 Å². The summed E-state index contributed by atoms with van der Waals surface area (Å²) in [7, 11) is 0. The highest BCUT2D eigenvalue weighted by molar-refractivity contribution is 7.26. The first-order chi connectivity index (χ1) is 39.6. The summed E-state index contributed by atoms with van der Waals surface area (Å²) in [4.78, 5) is 25.5. The molecular weight excluding hydrogens is 1010 g/mol. The standard InChI is InChI=1S/C38H23N3S.C33H20N4S/c1-2-11-24(12-3-1)25-13-10-14-26(21-25)37-29-17-4-7-18-32(29)39-38(40-37)41-33-19-8-5-15-27(33)30-23-36-31(22-34(30)41)28-16-6-9-20-35(28)42-36;1-3-11-21(12-4-1)31-34-32(22-13-5-2-6-14-22)36-33(35-31)37-27-17-9-7-15-23(27)25-20-30-26(19-28(25)37)24-16-8-10-18-29(24)38-30/h1-23H;1-20H. The van der Waals surface area contributed by atoms with E-state index in [1.165, 1.54) is 73.0 Å². The Hall–Kier alpha value is -10.2. The number of hydrogen-bond donors (Lipinski definition) is 0. The van der Waals surface area contributed by atoms with Crippen LogP contribution >= 0.6 is 22.7 Å². The second-order valence-corrected chi connectivity index (χ2v) is 22.2. The Bertz CT molecular complexity index is 5200. The number of thiophene rings is 2. The molecule has 0 fully saturated rings. The Morgan fingerprint density at radius 1 is 0.237 bits per heavy atom. The molecule has 0 atom stereocenters. The largest absolute Gasteiger partial charge is 0.278 e. The lowest BCUT2D eigenvalue weighted by atomic mass is 10.00. The van der Waals surface area contributed by atoms with E-state index < -0.39 is 0 Å². The third-order valence-electron chi connectivity index (χ3n) is 15.3. The third kappa shape index (κ3) is 7.66. The van der Waals surface area contributed by atoms with Gasteiger partial charge >= 0.3 is 0 Å². The van der Waals surface area contributed by atoms with Crippen LogP contribution in [0.3, 0.4) is 0 Å². The zero-order valence-electron chi connectivity index (χ0n) is 42.8. The van der Waals surface area contributed by atoms with Crippen molar-refractivity contribution in [2.24, 2.45) is 0 Å². The second kappa shape index (κ2) is 18.8. The smallest absolute Gasteiger partial charge is 0.238 e. The molecule has 0 bridgehead atoms. The van der Waals surface area contributed by atoms with Crippen LogP contribution in [0.4, 0.5) is 0 Å². The Kier molecular flexibility index (Phi) is 10.8. The first-order valence-corrected chi connectivity index (χ1v) is 28.3. The first kappa shape index (κ1) is 46.0. The molecule has 0 N–H and O–H groups in total. The van der Waals surface area contributed by atoms with E-state index in [-0.39, 0.29) is 0 Å². The van der Waals surface area contributed by atoms with Crippen molar-refractivity contribution in [1.29, 1.82) is 0 Å². The molecular formula is C71H43N7S2. The van der Waals surface area contributed by atoms with Gasteiger partial charge in [0.2, 0.25) is 11.9 Å². The average molecular weight is 1060 g/mol. The van der Waals surface area contributed by atoms with Gasteiger partial charge in [0.15, 0.2) is 11.6 Å². The van der Waals surface area contributed by atoms with Gasteiger partial charge in [-0.15, -0.1) is 22.7 Å². The summed E-state index contributed by atoms with van der Waals surface area (Å²) in [6.07, 6.45) is 0. The maximum absolute atomic E-state index is 5.33. The number of rotatable bonds is 6. The summed E-state index contributed by atoms with van der Waals surface area (Å²) in [6.45, 7) is 0. The van der Waals surface area contributed by atoms with Gasteiger partial charge < -0.3 is 0 Å². The molecule has 0 aliphatic heterocycles. The molecule has 17 rings (SSSR count). The number of fused-ring (bicyclic) bond motifs is 13. The van der Waals surface area contributed by atoms with Crippen molar-refractivity contribution in [3.8, 4) is 57.1 Å². The molecule has 17 aromatic rings. The first-order valence-electron chi connectivity index (χ1n) is 26.6. The fraction of sp³-hybridized carbons (Fsp3) is 0. The van der Waals surface area contributed by atoms with Gasteiger partial charge in [-0.25, -0.2) is 15.0 Å². The molecule has 0 aliphatic rings. The lowest BCUT2D eigenvalue weighted by molar-refractivity contribution is 0.954. The predicted octanol–water partition coefficient (Wildman–Crippen LogP) is 19.1. The Labute approximate surface area is 466 Å². The van der Waals surface area contributed by atoms with Gasteiger partial charge in [-0.1, -0.05) is 200 Å². The maximum Gasteiger partial charge on any atom is 0.238 e. The second-order valence-electron chi connectivity index (χ2n) is 20.0. The topological polar surface area (TPSA) is 74.3 Å². The molecule has 0 unspecified atom stereocenters. The monoisotopic (exact) mass is 1060 g/mol. The molecule has 0 saturated heterocycles. The van der Waals surface area contributed by atoms with Crippen LogP contribution in [0.25, 0.3) is 152 Å². The molecule has 7 nitrogen and oxygen atoms in total. The lowest BCUT2D eigenvalue weighted by Crippen LogP contribution is -2.06. The Morgan fingerprint density at radius 3 is 1.21 bits per heavy atom. The number of benzene rings is 11. The SMILES string of the molecule is c1ccc(-c2cccc(-c3nc(-n4c5ccccc5c5cc6sc7ccccc7c6cc54)nc4ccccc34)c2)cc1.c1ccc(-c2nc(-c3ccccc3)nc(-n3c4ccccc4c4cc5sc6ccccc6c5cc43)n2)cc1. The predicted molar refractivity (Wildman–Crippen MR) is 336 cm³/mol. The summed E-state index contributed by atoms with van der Waals surface area (Å²) in [5.74, 6) is 2.60. The van der Waals surface area contributed by atoms with Gasteiger partial charge in [-0.2, -0.15) is 9.97 Å². The maximum atomic E-state index is 5.33. The van der Waals surface area contributed by atoms with E-state index in [1.54, 1.807) is 0 Å². The summed E-state index contributed by atoms with van der Waals surface area (Å²) in [5.41, 5.74) is 11.6. The fourth-order valence-corrected chi connectivity index (χ4v) is 13.8. The zero-order chi connectivity index (χ0) is 52.7. The van der Waals surface area contributed by atoms with Crippen LogP contribution in [0.15, 0.2) is 261 Å². The molecule has 11 aromatic carbocycles.